The molecule has 0 aliphatic heterocycles. The zero-order chi connectivity index (χ0) is 29.6. The highest BCUT2D eigenvalue weighted by Crippen LogP contribution is 2.46. The molecule has 0 N–H and O–H groups in total. The summed E-state index contributed by atoms with van der Waals surface area (Å²) in [4.78, 5) is 9.87. The molecule has 2 unspecified atom stereocenters. The van der Waals surface area contributed by atoms with Gasteiger partial charge < -0.3 is 27.8 Å². The van der Waals surface area contributed by atoms with Gasteiger partial charge in [0.05, 0.1) is 43.7 Å². The molecule has 0 bridgehead atoms. The monoisotopic (exact) mass is 720 g/mol. The van der Waals surface area contributed by atoms with Gasteiger partial charge in [-0.25, -0.2) is 9.97 Å². The molecule has 2 aromatic heterocycles. The molecule has 0 fully saturated rings. The van der Waals surface area contributed by atoms with Crippen LogP contribution in [-0.4, -0.2) is 95.2 Å². The largest absolute Gasteiger partial charge is 0.418 e. The lowest BCUT2D eigenvalue weighted by Gasteiger charge is -2.17. The summed E-state index contributed by atoms with van der Waals surface area (Å²) >= 11 is 3.55. The van der Waals surface area contributed by atoms with E-state index in [1.165, 1.54) is 9.40 Å². The number of thiazole rings is 2. The van der Waals surface area contributed by atoms with Crippen LogP contribution in [0.15, 0.2) is 48.5 Å². The molecule has 16 heteroatoms. The van der Waals surface area contributed by atoms with Crippen molar-refractivity contribution in [1.82, 2.24) is 9.97 Å². The molecule has 0 spiro atoms. The molecular formula is C26H36N2O6S6Si2. The molecule has 4 aromatic rings. The van der Waals surface area contributed by atoms with Crippen LogP contribution in [0.3, 0.4) is 0 Å². The number of methoxy groups -OCH3 is 4. The number of ether oxygens (including phenoxy) is 4. The number of nitrogens with zero attached hydrogens (tertiary/aromatic N) is 2. The maximum Gasteiger partial charge on any atom is 0.178 e. The molecule has 42 heavy (non-hydrogen) atoms. The van der Waals surface area contributed by atoms with E-state index in [1.807, 2.05) is 53.4 Å². The van der Waals surface area contributed by atoms with Crippen molar-refractivity contribution < 1.29 is 27.8 Å². The van der Waals surface area contributed by atoms with E-state index in [1.54, 1.807) is 51.1 Å². The highest BCUT2D eigenvalue weighted by Gasteiger charge is 2.21. The van der Waals surface area contributed by atoms with Gasteiger partial charge in [0.1, 0.15) is 0 Å². The first-order chi connectivity index (χ1) is 20.6. The van der Waals surface area contributed by atoms with Crippen LogP contribution in [0, 0.1) is 0 Å². The maximum atomic E-state index is 6.13. The fraction of sp³-hybridized carbons (Fsp3) is 0.462. The van der Waals surface area contributed by atoms with Crippen LogP contribution in [0.4, 0.5) is 0 Å². The van der Waals surface area contributed by atoms with Crippen LogP contribution in [0.25, 0.3) is 20.4 Å². The van der Waals surface area contributed by atoms with Crippen molar-refractivity contribution in [3.05, 3.63) is 58.5 Å². The van der Waals surface area contributed by atoms with Crippen molar-refractivity contribution in [2.45, 2.75) is 23.7 Å². The van der Waals surface area contributed by atoms with E-state index in [9.17, 15) is 0 Å². The van der Waals surface area contributed by atoms with Gasteiger partial charge in [0, 0.05) is 51.0 Å². The first-order valence-corrected chi connectivity index (χ1v) is 22.8. The second-order valence-corrected chi connectivity index (χ2v) is 20.7. The molecule has 0 saturated heterocycles. The zero-order valence-electron chi connectivity index (χ0n) is 24.0. The molecule has 2 aromatic carbocycles. The Bertz CT molecular complexity index is 1160. The summed E-state index contributed by atoms with van der Waals surface area (Å²) in [6.45, 7) is 0.884. The Morgan fingerprint density at radius 3 is 1.43 bits per heavy atom. The van der Waals surface area contributed by atoms with E-state index >= 15 is 0 Å². The fourth-order valence-corrected chi connectivity index (χ4v) is 17.3. The van der Waals surface area contributed by atoms with Gasteiger partial charge in [-0.3, -0.25) is 0 Å². The summed E-state index contributed by atoms with van der Waals surface area (Å²) in [5.41, 5.74) is 2.73. The average molecular weight is 721 g/mol. The van der Waals surface area contributed by atoms with Gasteiger partial charge in [-0.15, -0.1) is 22.7 Å². The molecule has 0 amide bonds. The minimum absolute atomic E-state index is 0.311. The van der Waals surface area contributed by atoms with Gasteiger partial charge in [-0.05, 0) is 43.9 Å². The van der Waals surface area contributed by atoms with Crippen LogP contribution in [0.2, 0.25) is 0 Å². The van der Waals surface area contributed by atoms with Gasteiger partial charge >= 0.3 is 0 Å². The van der Waals surface area contributed by atoms with Crippen molar-refractivity contribution >= 4 is 104 Å². The molecule has 2 heterocycles. The SMILES string of the molecule is COC(CO[SiH2]C(CSSSSCC([SiH2]OCC(OC)OC)c1nc2ccccc2s1)c1nc2ccccc2s1)OC. The lowest BCUT2D eigenvalue weighted by atomic mass is 10.3. The van der Waals surface area contributed by atoms with Crippen LogP contribution < -0.4 is 0 Å². The number of benzene rings is 2. The van der Waals surface area contributed by atoms with Gasteiger partial charge in [-0.1, -0.05) is 45.9 Å². The van der Waals surface area contributed by atoms with E-state index in [-0.39, 0.29) is 12.6 Å². The average Bonchev–Trinajstić information content (AvgIpc) is 3.65. The van der Waals surface area contributed by atoms with Crippen molar-refractivity contribution in [3.63, 3.8) is 0 Å². The molecule has 230 valence electrons. The lowest BCUT2D eigenvalue weighted by Crippen LogP contribution is -2.24. The summed E-state index contributed by atoms with van der Waals surface area (Å²) in [5.74, 6) is 1.90. The molecule has 0 saturated carbocycles. The summed E-state index contributed by atoms with van der Waals surface area (Å²) < 4.78 is 35.9. The number of rotatable bonds is 21. The van der Waals surface area contributed by atoms with E-state index in [4.69, 9.17) is 37.8 Å². The zero-order valence-corrected chi connectivity index (χ0v) is 31.7. The molecule has 8 nitrogen and oxygen atoms in total. The smallest absolute Gasteiger partial charge is 0.178 e. The third-order valence-electron chi connectivity index (χ3n) is 6.18. The van der Waals surface area contributed by atoms with E-state index < -0.39 is 19.5 Å². The predicted molar refractivity (Wildman–Crippen MR) is 189 cm³/mol. The van der Waals surface area contributed by atoms with E-state index in [0.29, 0.717) is 24.3 Å². The first kappa shape index (κ1) is 34.7. The summed E-state index contributed by atoms with van der Waals surface area (Å²) in [6, 6.07) is 16.6. The highest BCUT2D eigenvalue weighted by molar-refractivity contribution is 9.26. The quantitative estimate of drug-likeness (QED) is 0.0452. The number of fused-ring (bicyclic) bond motifs is 2. The first-order valence-electron chi connectivity index (χ1n) is 13.2. The van der Waals surface area contributed by atoms with E-state index in [2.05, 4.69) is 36.4 Å². The number of para-hydroxylation sites is 2. The Morgan fingerprint density at radius 1 is 0.643 bits per heavy atom. The number of hydrogen-bond acceptors (Lipinski definition) is 14. The van der Waals surface area contributed by atoms with Crippen LogP contribution in [-0.2, 0) is 27.8 Å². The summed E-state index contributed by atoms with van der Waals surface area (Å²) in [6.07, 6.45) is -0.679. The Balaban J connectivity index is 1.29. The third kappa shape index (κ3) is 10.7. The predicted octanol–water partition coefficient (Wildman–Crippen LogP) is 5.80. The Hall–Kier alpha value is -0.186. The van der Waals surface area contributed by atoms with Gasteiger partial charge in [0.2, 0.25) is 0 Å². The second kappa shape index (κ2) is 19.4. The van der Waals surface area contributed by atoms with Gasteiger partial charge in [0.25, 0.3) is 0 Å². The fourth-order valence-electron chi connectivity index (χ4n) is 3.85. The van der Waals surface area contributed by atoms with Crippen molar-refractivity contribution in [2.24, 2.45) is 0 Å². The minimum atomic E-state index is -0.901. The normalized spacial score (nSPS) is 14.1. The molecular weight excluding hydrogens is 685 g/mol. The number of hydrogen-bond donors (Lipinski definition) is 0. The Labute approximate surface area is 275 Å². The van der Waals surface area contributed by atoms with Gasteiger partial charge in [-0.2, -0.15) is 0 Å². The lowest BCUT2D eigenvalue weighted by molar-refractivity contribution is -0.122. The molecule has 0 aliphatic rings. The highest BCUT2D eigenvalue weighted by atomic mass is 33.7. The van der Waals surface area contributed by atoms with Crippen LogP contribution >= 0.6 is 63.9 Å². The topological polar surface area (TPSA) is 81.2 Å². The number of aromatic nitrogens is 2. The summed E-state index contributed by atoms with van der Waals surface area (Å²) in [7, 11) is 12.1. The minimum Gasteiger partial charge on any atom is -0.418 e. The second-order valence-electron chi connectivity index (χ2n) is 9.02. The van der Waals surface area contributed by atoms with Crippen LogP contribution in [0.5, 0.6) is 0 Å². The molecule has 4 rings (SSSR count). The molecule has 0 aliphatic carbocycles. The summed E-state index contributed by atoms with van der Waals surface area (Å²) in [5, 5.41) is 2.31. The maximum absolute atomic E-state index is 6.13. The molecule has 2 atom stereocenters. The van der Waals surface area contributed by atoms with Gasteiger partial charge in [0.15, 0.2) is 32.1 Å². The third-order valence-corrected chi connectivity index (χ3v) is 19.7. The Kier molecular flexibility index (Phi) is 16.0. The van der Waals surface area contributed by atoms with Crippen molar-refractivity contribution in [3.8, 4) is 0 Å². The molecule has 0 radical (unpaired) electrons. The Morgan fingerprint density at radius 2 is 1.05 bits per heavy atom. The van der Waals surface area contributed by atoms with Crippen molar-refractivity contribution in [2.75, 3.05) is 53.2 Å². The van der Waals surface area contributed by atoms with Crippen LogP contribution in [0.1, 0.15) is 21.1 Å². The van der Waals surface area contributed by atoms with Crippen molar-refractivity contribution in [1.29, 1.82) is 0 Å². The van der Waals surface area contributed by atoms with E-state index in [0.717, 1.165) is 32.6 Å². The standard InChI is InChI=1S/C26H36N2O6S6Si2/c1-29-23(30-2)13-33-41-21(25-27-17-9-5-7-11-19(17)37-25)15-35-39-40-36-16-22(42-34-14-24(31-3)32-4)26-28-18-10-6-8-12-20(18)38-26/h5-12,21-24H,13-16,41-42H2,1-4H3.